The second kappa shape index (κ2) is 9.59. The van der Waals surface area contributed by atoms with Crippen molar-refractivity contribution < 1.29 is 14.3 Å². The highest BCUT2D eigenvalue weighted by Gasteiger charge is 2.27. The van der Waals surface area contributed by atoms with Crippen LogP contribution in [0.5, 0.6) is 0 Å². The van der Waals surface area contributed by atoms with Gasteiger partial charge in [-0.1, -0.05) is 60.2 Å². The lowest BCUT2D eigenvalue weighted by molar-refractivity contribution is -0.158. The molecule has 0 saturated carbocycles. The van der Waals surface area contributed by atoms with E-state index in [0.717, 1.165) is 16.7 Å². The maximum absolute atomic E-state index is 12.8. The summed E-state index contributed by atoms with van der Waals surface area (Å²) >= 11 is 0. The smallest absolute Gasteiger partial charge is 0.332 e. The minimum Gasteiger partial charge on any atom is -0.451 e. The molecule has 3 aromatic rings. The van der Waals surface area contributed by atoms with Crippen LogP contribution in [-0.2, 0) is 27.3 Å². The highest BCUT2D eigenvalue weighted by molar-refractivity contribution is 5.84. The number of carbonyl (C=O) groups is 2. The fourth-order valence-corrected chi connectivity index (χ4v) is 2.78. The van der Waals surface area contributed by atoms with E-state index >= 15 is 0 Å². The lowest BCUT2D eigenvalue weighted by atomic mass is 10.1. The van der Waals surface area contributed by atoms with Crippen LogP contribution in [0.1, 0.15) is 29.7 Å². The van der Waals surface area contributed by atoms with Crippen molar-refractivity contribution in [1.82, 2.24) is 25.5 Å². The number of tetrazole rings is 1. The number of nitrogens with one attached hydrogen (secondary N) is 1. The van der Waals surface area contributed by atoms with Crippen molar-refractivity contribution in [3.8, 4) is 0 Å². The first-order valence-electron chi connectivity index (χ1n) is 9.33. The number of aromatic nitrogens is 4. The number of benzene rings is 2. The summed E-state index contributed by atoms with van der Waals surface area (Å²) in [6, 6.07) is 16.6. The number of ether oxygens (including phenoxy) is 1. The van der Waals surface area contributed by atoms with Crippen LogP contribution in [0.3, 0.4) is 0 Å². The van der Waals surface area contributed by atoms with Crippen LogP contribution in [-0.4, -0.2) is 38.2 Å². The zero-order valence-electron chi connectivity index (χ0n) is 16.4. The fraction of sp³-hybridized carbons (Fsp3) is 0.286. The number of nitrogens with zero attached hydrogens (tertiary/aromatic N) is 4. The monoisotopic (exact) mass is 393 g/mol. The van der Waals surface area contributed by atoms with Gasteiger partial charge in [-0.15, -0.1) is 5.10 Å². The van der Waals surface area contributed by atoms with E-state index in [0.29, 0.717) is 13.0 Å². The fourth-order valence-electron chi connectivity index (χ4n) is 2.78. The summed E-state index contributed by atoms with van der Waals surface area (Å²) in [5.41, 5.74) is 3.05. The van der Waals surface area contributed by atoms with E-state index in [-0.39, 0.29) is 5.91 Å². The van der Waals surface area contributed by atoms with Gasteiger partial charge in [0.25, 0.3) is 5.91 Å². The first-order valence-corrected chi connectivity index (χ1v) is 9.33. The topological polar surface area (TPSA) is 99.0 Å². The van der Waals surface area contributed by atoms with Gasteiger partial charge in [-0.2, -0.15) is 0 Å². The van der Waals surface area contributed by atoms with Gasteiger partial charge in [-0.25, -0.2) is 9.48 Å². The average molecular weight is 393 g/mol. The third-order valence-corrected chi connectivity index (χ3v) is 4.48. The van der Waals surface area contributed by atoms with E-state index in [9.17, 15) is 9.59 Å². The van der Waals surface area contributed by atoms with Gasteiger partial charge in [0.15, 0.2) is 12.1 Å². The van der Waals surface area contributed by atoms with Crippen LogP contribution in [0, 0.1) is 6.92 Å². The van der Waals surface area contributed by atoms with E-state index in [2.05, 4.69) is 20.8 Å². The minimum absolute atomic E-state index is 0.350. The van der Waals surface area contributed by atoms with Crippen molar-refractivity contribution in [3.63, 3.8) is 0 Å². The zero-order valence-corrected chi connectivity index (χ0v) is 16.4. The molecule has 0 aliphatic carbocycles. The van der Waals surface area contributed by atoms with Gasteiger partial charge in [0.2, 0.25) is 0 Å². The zero-order chi connectivity index (χ0) is 20.6. The van der Waals surface area contributed by atoms with E-state index in [1.54, 1.807) is 6.92 Å². The lowest BCUT2D eigenvalue weighted by Crippen LogP contribution is -2.37. The molecule has 150 valence electrons. The van der Waals surface area contributed by atoms with Crippen LogP contribution >= 0.6 is 0 Å². The Morgan fingerprint density at radius 1 is 1.07 bits per heavy atom. The highest BCUT2D eigenvalue weighted by atomic mass is 16.5. The third kappa shape index (κ3) is 5.71. The van der Waals surface area contributed by atoms with E-state index in [4.69, 9.17) is 4.74 Å². The van der Waals surface area contributed by atoms with Crippen LogP contribution < -0.4 is 5.32 Å². The molecule has 2 aromatic carbocycles. The summed E-state index contributed by atoms with van der Waals surface area (Å²) in [7, 11) is 0. The first kappa shape index (κ1) is 20.2. The van der Waals surface area contributed by atoms with Crippen molar-refractivity contribution >= 4 is 11.9 Å². The average Bonchev–Trinajstić information content (AvgIpc) is 3.26. The number of rotatable bonds is 8. The summed E-state index contributed by atoms with van der Waals surface area (Å²) < 4.78 is 6.75. The molecule has 2 atom stereocenters. The SMILES string of the molecule is Cc1ccc(CNC(=O)[C@H](C)OC(=O)[C@@H](Cc2ccccc2)n2cnnn2)cc1. The van der Waals surface area contributed by atoms with Crippen molar-refractivity contribution in [2.75, 3.05) is 0 Å². The second-order valence-electron chi connectivity index (χ2n) is 6.78. The van der Waals surface area contributed by atoms with E-state index < -0.39 is 18.1 Å². The summed E-state index contributed by atoms with van der Waals surface area (Å²) in [4.78, 5) is 25.1. The number of carbonyl (C=O) groups excluding carboxylic acids is 2. The minimum atomic E-state index is -0.942. The third-order valence-electron chi connectivity index (χ3n) is 4.48. The van der Waals surface area contributed by atoms with Gasteiger partial charge < -0.3 is 10.1 Å². The van der Waals surface area contributed by atoms with Crippen LogP contribution in [0.15, 0.2) is 60.9 Å². The molecule has 0 aliphatic heterocycles. The Labute approximate surface area is 168 Å². The van der Waals surface area contributed by atoms with E-state index in [1.165, 1.54) is 11.0 Å². The van der Waals surface area contributed by atoms with Crippen LogP contribution in [0.4, 0.5) is 0 Å². The number of hydrogen-bond donors (Lipinski definition) is 1. The molecule has 0 radical (unpaired) electrons. The molecule has 1 aromatic heterocycles. The normalized spacial score (nSPS) is 12.8. The lowest BCUT2D eigenvalue weighted by Gasteiger charge is -2.19. The molecular weight excluding hydrogens is 370 g/mol. The molecule has 0 bridgehead atoms. The molecule has 1 amide bonds. The molecule has 3 rings (SSSR count). The number of aryl methyl sites for hydroxylation is 1. The summed E-state index contributed by atoms with van der Waals surface area (Å²) in [6.45, 7) is 3.91. The summed E-state index contributed by atoms with van der Waals surface area (Å²) in [5, 5.41) is 13.8. The summed E-state index contributed by atoms with van der Waals surface area (Å²) in [6.07, 6.45) is 0.766. The molecule has 0 saturated heterocycles. The molecule has 0 unspecified atom stereocenters. The predicted molar refractivity (Wildman–Crippen MR) is 106 cm³/mol. The first-order chi connectivity index (χ1) is 14.0. The Bertz CT molecular complexity index is 927. The highest BCUT2D eigenvalue weighted by Crippen LogP contribution is 2.16. The second-order valence-corrected chi connectivity index (χ2v) is 6.78. The molecule has 0 aliphatic rings. The van der Waals surface area contributed by atoms with Gasteiger partial charge in [-0.05, 0) is 35.4 Å². The molecule has 8 heteroatoms. The molecule has 0 fully saturated rings. The molecule has 8 nitrogen and oxygen atoms in total. The largest absolute Gasteiger partial charge is 0.451 e. The van der Waals surface area contributed by atoms with Crippen molar-refractivity contribution in [2.45, 2.75) is 39.0 Å². The van der Waals surface area contributed by atoms with Gasteiger partial charge in [0, 0.05) is 13.0 Å². The molecule has 1 heterocycles. The van der Waals surface area contributed by atoms with Gasteiger partial charge in [-0.3, -0.25) is 4.79 Å². The van der Waals surface area contributed by atoms with E-state index in [1.807, 2.05) is 61.5 Å². The number of amides is 1. The maximum atomic E-state index is 12.8. The van der Waals surface area contributed by atoms with Gasteiger partial charge in [0.05, 0.1) is 0 Å². The molecule has 29 heavy (non-hydrogen) atoms. The summed E-state index contributed by atoms with van der Waals surface area (Å²) in [5.74, 6) is -0.937. The Kier molecular flexibility index (Phi) is 6.67. The predicted octanol–water partition coefficient (Wildman–Crippen LogP) is 2.01. The molecular formula is C21H23N5O3. The Hall–Kier alpha value is -3.55. The Balaban J connectivity index is 1.60. The number of hydrogen-bond acceptors (Lipinski definition) is 6. The van der Waals surface area contributed by atoms with Crippen molar-refractivity contribution in [2.24, 2.45) is 0 Å². The van der Waals surface area contributed by atoms with Crippen molar-refractivity contribution in [3.05, 3.63) is 77.6 Å². The standard InChI is InChI=1S/C21H23N5O3/c1-15-8-10-18(11-9-15)13-22-20(27)16(2)29-21(28)19(26-14-23-24-25-26)12-17-6-4-3-5-7-17/h3-11,14,16,19H,12-13H2,1-2H3,(H,22,27)/t16-,19+/m0/s1. The maximum Gasteiger partial charge on any atom is 0.332 e. The van der Waals surface area contributed by atoms with Crippen molar-refractivity contribution in [1.29, 1.82) is 0 Å². The number of esters is 1. The van der Waals surface area contributed by atoms with Crippen LogP contribution in [0.25, 0.3) is 0 Å². The van der Waals surface area contributed by atoms with Crippen LogP contribution in [0.2, 0.25) is 0 Å². The van der Waals surface area contributed by atoms with Gasteiger partial charge in [0.1, 0.15) is 6.33 Å². The Morgan fingerprint density at radius 2 is 1.79 bits per heavy atom. The molecule has 0 spiro atoms. The molecule has 1 N–H and O–H groups in total. The van der Waals surface area contributed by atoms with Gasteiger partial charge >= 0.3 is 5.97 Å². The quantitative estimate of drug-likeness (QED) is 0.588. The Morgan fingerprint density at radius 3 is 2.45 bits per heavy atom.